The predicted molar refractivity (Wildman–Crippen MR) is 180 cm³/mol. The maximum Gasteiger partial charge on any atom is 0.343 e. The van der Waals surface area contributed by atoms with Crippen LogP contribution >= 0.6 is 27.5 Å². The molecule has 1 aromatic heterocycles. The molecule has 5 rings (SSSR count). The lowest BCUT2D eigenvalue weighted by Crippen LogP contribution is -2.19. The van der Waals surface area contributed by atoms with Gasteiger partial charge in [-0.3, -0.25) is 9.59 Å². The van der Waals surface area contributed by atoms with Crippen molar-refractivity contribution in [3.8, 4) is 39.9 Å². The summed E-state index contributed by atoms with van der Waals surface area (Å²) >= 11 is 10.0. The van der Waals surface area contributed by atoms with Crippen molar-refractivity contribution in [2.75, 3.05) is 21.3 Å². The molecule has 0 aliphatic heterocycles. The van der Waals surface area contributed by atoms with Gasteiger partial charge in [-0.15, -0.1) is 0 Å². The van der Waals surface area contributed by atoms with Crippen LogP contribution in [0.15, 0.2) is 82.4 Å². The summed E-state index contributed by atoms with van der Waals surface area (Å²) < 4.78 is 27.9. The molecule has 11 nitrogen and oxygen atoms in total. The number of aromatic amines is 1. The van der Waals surface area contributed by atoms with Crippen molar-refractivity contribution >= 4 is 62.5 Å². The molecule has 47 heavy (non-hydrogen) atoms. The third-order valence-electron chi connectivity index (χ3n) is 6.89. The fraction of sp³-hybridized carbons (Fsp3) is 0.118. The van der Waals surface area contributed by atoms with Gasteiger partial charge in [-0.25, -0.2) is 10.2 Å². The minimum Gasteiger partial charge on any atom is -0.496 e. The molecule has 0 fully saturated rings. The lowest BCUT2D eigenvalue weighted by atomic mass is 10.0. The van der Waals surface area contributed by atoms with Crippen LogP contribution in [-0.2, 0) is 4.79 Å². The Morgan fingerprint density at radius 3 is 2.21 bits per heavy atom. The van der Waals surface area contributed by atoms with Crippen LogP contribution in [-0.4, -0.2) is 50.4 Å². The zero-order valence-corrected chi connectivity index (χ0v) is 27.8. The van der Waals surface area contributed by atoms with Crippen LogP contribution in [0.4, 0.5) is 0 Å². The number of aromatic nitrogens is 1. The van der Waals surface area contributed by atoms with E-state index in [-0.39, 0.29) is 28.5 Å². The summed E-state index contributed by atoms with van der Waals surface area (Å²) in [4.78, 5) is 41.3. The number of ether oxygens (including phenoxy) is 5. The Bertz CT molecular complexity index is 2040. The third-order valence-corrected chi connectivity index (χ3v) is 7.71. The van der Waals surface area contributed by atoms with E-state index in [9.17, 15) is 14.4 Å². The number of amides is 1. The first-order chi connectivity index (χ1) is 22.6. The first-order valence-electron chi connectivity index (χ1n) is 13.9. The lowest BCUT2D eigenvalue weighted by molar-refractivity contribution is -0.132. The second-order valence-corrected chi connectivity index (χ2v) is 11.1. The van der Waals surface area contributed by atoms with E-state index >= 15 is 0 Å². The minimum atomic E-state index is -0.705. The monoisotopic (exact) mass is 719 g/mol. The van der Waals surface area contributed by atoms with Crippen molar-refractivity contribution in [2.24, 2.45) is 5.10 Å². The second-order valence-electron chi connectivity index (χ2n) is 9.81. The fourth-order valence-corrected chi connectivity index (χ4v) is 5.42. The molecule has 13 heteroatoms. The highest BCUT2D eigenvalue weighted by atomic mass is 79.9. The number of carbonyl (C=O) groups is 3. The van der Waals surface area contributed by atoms with Crippen molar-refractivity contribution in [3.63, 3.8) is 0 Å². The van der Waals surface area contributed by atoms with Crippen LogP contribution in [0.2, 0.25) is 5.02 Å². The Hall–Kier alpha value is -5.33. The van der Waals surface area contributed by atoms with Crippen LogP contribution in [0.1, 0.15) is 33.3 Å². The number of nitrogens with one attached hydrogen (secondary N) is 2. The van der Waals surface area contributed by atoms with Gasteiger partial charge in [0, 0.05) is 33.1 Å². The van der Waals surface area contributed by atoms with Gasteiger partial charge in [-0.05, 0) is 54.6 Å². The molecule has 1 heterocycles. The Morgan fingerprint density at radius 2 is 1.51 bits per heavy atom. The summed E-state index contributed by atoms with van der Waals surface area (Å²) in [5, 5.41) is 5.19. The van der Waals surface area contributed by atoms with Crippen LogP contribution in [0, 0.1) is 0 Å². The summed E-state index contributed by atoms with van der Waals surface area (Å²) in [5.41, 5.74) is 4.87. The molecule has 4 aromatic carbocycles. The molecule has 0 atom stereocenters. The minimum absolute atomic E-state index is 0.147. The lowest BCUT2D eigenvalue weighted by Gasteiger charge is -2.11. The molecule has 240 valence electrons. The Balaban J connectivity index is 1.45. The number of halogens is 2. The molecule has 1 amide bonds. The van der Waals surface area contributed by atoms with Gasteiger partial charge in [0.25, 0.3) is 5.91 Å². The van der Waals surface area contributed by atoms with Crippen molar-refractivity contribution in [2.45, 2.75) is 6.92 Å². The molecule has 0 spiro atoms. The Labute approximate surface area is 282 Å². The number of fused-ring (bicyclic) bond motifs is 1. The fourth-order valence-electron chi connectivity index (χ4n) is 4.82. The summed E-state index contributed by atoms with van der Waals surface area (Å²) in [6.45, 7) is 1.26. The SMILES string of the molecule is COc1cc(C(=O)Oc2ccc(Br)cc2C=NNC(=O)c2[nH]c3c(OC)ccc(OC)c3c2-c2ccccc2Cl)ccc1OC(C)=O. The largest absolute Gasteiger partial charge is 0.496 e. The van der Waals surface area contributed by atoms with Gasteiger partial charge in [0.15, 0.2) is 11.5 Å². The highest BCUT2D eigenvalue weighted by molar-refractivity contribution is 9.10. The molecule has 0 saturated carbocycles. The first kappa shape index (κ1) is 33.0. The van der Waals surface area contributed by atoms with Gasteiger partial charge < -0.3 is 28.7 Å². The van der Waals surface area contributed by atoms with Crippen molar-refractivity contribution in [3.05, 3.63) is 99.1 Å². The summed E-state index contributed by atoms with van der Waals surface area (Å²) in [5.74, 6) is -0.310. The number of H-pyrrole nitrogens is 1. The highest BCUT2D eigenvalue weighted by Gasteiger charge is 2.25. The van der Waals surface area contributed by atoms with Crippen molar-refractivity contribution in [1.29, 1.82) is 0 Å². The number of hydrazone groups is 1. The number of hydrogen-bond acceptors (Lipinski definition) is 9. The molecule has 0 saturated heterocycles. The summed E-state index contributed by atoms with van der Waals surface area (Å²) in [7, 11) is 4.44. The maximum absolute atomic E-state index is 13.7. The zero-order valence-electron chi connectivity index (χ0n) is 25.5. The van der Waals surface area contributed by atoms with E-state index in [0.29, 0.717) is 48.6 Å². The van der Waals surface area contributed by atoms with Gasteiger partial charge in [0.2, 0.25) is 0 Å². The number of benzene rings is 4. The number of nitrogens with zero attached hydrogens (tertiary/aromatic N) is 1. The molecule has 2 N–H and O–H groups in total. The molecular weight excluding hydrogens is 694 g/mol. The summed E-state index contributed by atoms with van der Waals surface area (Å²) in [6.07, 6.45) is 1.34. The number of carbonyl (C=O) groups excluding carboxylic acids is 3. The molecule has 0 radical (unpaired) electrons. The third kappa shape index (κ3) is 7.08. The number of esters is 2. The molecule has 0 bridgehead atoms. The standard InChI is InChI=1S/C34H27BrClN3O8/c1-18(40)46-25-11-9-19(16-28(25)45-4)34(42)47-24-12-10-21(35)15-20(24)17-37-39-33(41)32-29(22-7-5-6-8-23(22)36)30-26(43-2)13-14-27(44-3)31(30)38-32/h5-17,38H,1-4H3,(H,39,41). The Morgan fingerprint density at radius 1 is 0.830 bits per heavy atom. The average molecular weight is 721 g/mol. The Kier molecular flexibility index (Phi) is 10.1. The van der Waals surface area contributed by atoms with E-state index in [2.05, 4.69) is 31.4 Å². The van der Waals surface area contributed by atoms with Crippen LogP contribution in [0.3, 0.4) is 0 Å². The van der Waals surface area contributed by atoms with Crippen LogP contribution in [0.5, 0.6) is 28.7 Å². The predicted octanol–water partition coefficient (Wildman–Crippen LogP) is 7.19. The second kappa shape index (κ2) is 14.4. The first-order valence-corrected chi connectivity index (χ1v) is 15.0. The number of methoxy groups -OCH3 is 3. The number of rotatable bonds is 10. The highest BCUT2D eigenvalue weighted by Crippen LogP contribution is 2.44. The van der Waals surface area contributed by atoms with Gasteiger partial charge in [0.05, 0.1) is 44.0 Å². The quantitative estimate of drug-likeness (QED) is 0.0670. The van der Waals surface area contributed by atoms with Crippen LogP contribution in [0.25, 0.3) is 22.0 Å². The van der Waals surface area contributed by atoms with Gasteiger partial charge in [-0.2, -0.15) is 5.10 Å². The van der Waals surface area contributed by atoms with E-state index in [4.69, 9.17) is 35.3 Å². The van der Waals surface area contributed by atoms with Gasteiger partial charge >= 0.3 is 11.9 Å². The molecule has 0 unspecified atom stereocenters. The van der Waals surface area contributed by atoms with E-state index in [1.165, 1.54) is 52.7 Å². The van der Waals surface area contributed by atoms with Crippen LogP contribution < -0.4 is 29.1 Å². The molecular formula is C34H27BrClN3O8. The summed E-state index contributed by atoms with van der Waals surface area (Å²) in [6, 6.07) is 19.8. The van der Waals surface area contributed by atoms with E-state index < -0.39 is 17.8 Å². The van der Waals surface area contributed by atoms with E-state index in [1.54, 1.807) is 48.5 Å². The topological polar surface area (TPSA) is 138 Å². The molecule has 0 aliphatic carbocycles. The van der Waals surface area contributed by atoms with Crippen molar-refractivity contribution in [1.82, 2.24) is 10.4 Å². The molecule has 0 aliphatic rings. The van der Waals surface area contributed by atoms with E-state index in [1.807, 2.05) is 6.07 Å². The number of hydrogen-bond donors (Lipinski definition) is 2. The van der Waals surface area contributed by atoms with E-state index in [0.717, 1.165) is 0 Å². The van der Waals surface area contributed by atoms with Gasteiger partial charge in [-0.1, -0.05) is 45.7 Å². The maximum atomic E-state index is 13.7. The molecule has 5 aromatic rings. The zero-order chi connectivity index (χ0) is 33.7. The van der Waals surface area contributed by atoms with Crippen molar-refractivity contribution < 1.29 is 38.1 Å². The smallest absolute Gasteiger partial charge is 0.343 e. The normalized spacial score (nSPS) is 10.9. The average Bonchev–Trinajstić information content (AvgIpc) is 3.46. The van der Waals surface area contributed by atoms with Gasteiger partial charge in [0.1, 0.15) is 22.9 Å².